The van der Waals surface area contributed by atoms with E-state index < -0.39 is 5.41 Å². The van der Waals surface area contributed by atoms with Crippen molar-refractivity contribution in [3.8, 4) is 0 Å². The summed E-state index contributed by atoms with van der Waals surface area (Å²) in [7, 11) is 1.76. The molecule has 0 unspecified atom stereocenters. The fourth-order valence-corrected chi connectivity index (χ4v) is 2.22. The normalized spacial score (nSPS) is 11.0. The van der Waals surface area contributed by atoms with Gasteiger partial charge in [0.05, 0.1) is 11.3 Å². The fraction of sp³-hybridized carbons (Fsp3) is 0.300. The van der Waals surface area contributed by atoms with E-state index in [2.05, 4.69) is 5.32 Å². The molecule has 0 spiro atoms. The van der Waals surface area contributed by atoms with Crippen LogP contribution in [-0.4, -0.2) is 23.8 Å². The summed E-state index contributed by atoms with van der Waals surface area (Å²) in [6.07, 6.45) is 0. The van der Waals surface area contributed by atoms with E-state index >= 15 is 0 Å². The molecule has 0 radical (unpaired) electrons. The Morgan fingerprint density at radius 1 is 0.958 bits per heavy atom. The van der Waals surface area contributed by atoms with Crippen molar-refractivity contribution in [1.29, 1.82) is 0 Å². The molecule has 1 N–H and O–H groups in total. The van der Waals surface area contributed by atoms with E-state index in [0.717, 1.165) is 5.56 Å². The standard InChI is InChI=1S/C20H24N2O2/c1-20(2,3)19(24)21-17-13-9-8-12-16(17)18(23)22(4)14-15-10-6-5-7-11-15/h5-13H,14H2,1-4H3,(H,21,24). The minimum Gasteiger partial charge on any atom is -0.337 e. The van der Waals surface area contributed by atoms with Gasteiger partial charge in [0, 0.05) is 19.0 Å². The lowest BCUT2D eigenvalue weighted by molar-refractivity contribution is -0.123. The zero-order valence-corrected chi connectivity index (χ0v) is 14.7. The van der Waals surface area contributed by atoms with Gasteiger partial charge in [-0.05, 0) is 17.7 Å². The van der Waals surface area contributed by atoms with Gasteiger partial charge in [-0.25, -0.2) is 0 Å². The lowest BCUT2D eigenvalue weighted by atomic mass is 9.95. The molecule has 0 fully saturated rings. The maximum absolute atomic E-state index is 12.8. The van der Waals surface area contributed by atoms with Crippen LogP contribution in [0.15, 0.2) is 54.6 Å². The molecule has 0 heterocycles. The van der Waals surface area contributed by atoms with Gasteiger partial charge in [-0.1, -0.05) is 63.2 Å². The summed E-state index contributed by atoms with van der Waals surface area (Å²) in [6.45, 7) is 6.04. The Labute approximate surface area is 143 Å². The van der Waals surface area contributed by atoms with E-state index in [-0.39, 0.29) is 11.8 Å². The highest BCUT2D eigenvalue weighted by Gasteiger charge is 2.23. The molecule has 0 aromatic heterocycles. The first kappa shape index (κ1) is 17.7. The van der Waals surface area contributed by atoms with Crippen LogP contribution in [0.2, 0.25) is 0 Å². The van der Waals surface area contributed by atoms with Crippen molar-refractivity contribution in [1.82, 2.24) is 4.90 Å². The summed E-state index contributed by atoms with van der Waals surface area (Å²) in [5, 5.41) is 2.86. The third-order valence-corrected chi connectivity index (χ3v) is 3.70. The number of nitrogens with one attached hydrogen (secondary N) is 1. The molecule has 0 saturated carbocycles. The van der Waals surface area contributed by atoms with E-state index in [1.807, 2.05) is 57.2 Å². The first-order valence-electron chi connectivity index (χ1n) is 7.99. The summed E-state index contributed by atoms with van der Waals surface area (Å²) in [5.41, 5.74) is 1.58. The first-order valence-corrected chi connectivity index (χ1v) is 7.99. The van der Waals surface area contributed by atoms with Crippen LogP contribution >= 0.6 is 0 Å². The molecule has 0 bridgehead atoms. The van der Waals surface area contributed by atoms with Crippen molar-refractivity contribution in [3.05, 3.63) is 65.7 Å². The van der Waals surface area contributed by atoms with Crippen molar-refractivity contribution in [2.75, 3.05) is 12.4 Å². The van der Waals surface area contributed by atoms with Gasteiger partial charge in [-0.3, -0.25) is 9.59 Å². The number of hydrogen-bond donors (Lipinski definition) is 1. The average Bonchev–Trinajstić information content (AvgIpc) is 2.54. The zero-order chi connectivity index (χ0) is 17.7. The van der Waals surface area contributed by atoms with Crippen molar-refractivity contribution in [2.45, 2.75) is 27.3 Å². The number of amides is 2. The van der Waals surface area contributed by atoms with E-state index in [0.29, 0.717) is 17.8 Å². The molecule has 0 aliphatic heterocycles. The zero-order valence-electron chi connectivity index (χ0n) is 14.7. The van der Waals surface area contributed by atoms with Gasteiger partial charge in [0.15, 0.2) is 0 Å². The van der Waals surface area contributed by atoms with Gasteiger partial charge < -0.3 is 10.2 Å². The van der Waals surface area contributed by atoms with Crippen LogP contribution in [0, 0.1) is 5.41 Å². The molecular weight excluding hydrogens is 300 g/mol. The molecule has 0 atom stereocenters. The summed E-state index contributed by atoms with van der Waals surface area (Å²) >= 11 is 0. The molecule has 2 amide bonds. The number of hydrogen-bond acceptors (Lipinski definition) is 2. The molecule has 126 valence electrons. The third kappa shape index (κ3) is 4.44. The van der Waals surface area contributed by atoms with Gasteiger partial charge in [-0.15, -0.1) is 0 Å². The Balaban J connectivity index is 2.19. The average molecular weight is 324 g/mol. The number of anilines is 1. The van der Waals surface area contributed by atoms with Gasteiger partial charge in [-0.2, -0.15) is 0 Å². The Kier molecular flexibility index (Phi) is 5.39. The summed E-state index contributed by atoms with van der Waals surface area (Å²) in [4.78, 5) is 26.7. The Morgan fingerprint density at radius 3 is 2.17 bits per heavy atom. The monoisotopic (exact) mass is 324 g/mol. The molecule has 2 aromatic carbocycles. The minimum atomic E-state index is -0.522. The molecule has 4 heteroatoms. The van der Waals surface area contributed by atoms with Crippen molar-refractivity contribution in [3.63, 3.8) is 0 Å². The minimum absolute atomic E-state index is 0.117. The highest BCUT2D eigenvalue weighted by atomic mass is 16.2. The van der Waals surface area contributed by atoms with E-state index in [4.69, 9.17) is 0 Å². The Hall–Kier alpha value is -2.62. The van der Waals surface area contributed by atoms with E-state index in [1.165, 1.54) is 0 Å². The molecular formula is C20H24N2O2. The predicted octanol–water partition coefficient (Wildman–Crippen LogP) is 3.94. The van der Waals surface area contributed by atoms with Crippen LogP contribution in [0.4, 0.5) is 5.69 Å². The lowest BCUT2D eigenvalue weighted by Gasteiger charge is -2.22. The number of carbonyl (C=O) groups excluding carboxylic acids is 2. The van der Waals surface area contributed by atoms with Gasteiger partial charge in [0.2, 0.25) is 5.91 Å². The second-order valence-electron chi connectivity index (χ2n) is 6.90. The molecule has 2 rings (SSSR count). The molecule has 24 heavy (non-hydrogen) atoms. The van der Waals surface area contributed by atoms with Crippen molar-refractivity contribution in [2.24, 2.45) is 5.41 Å². The van der Waals surface area contributed by atoms with Gasteiger partial charge >= 0.3 is 0 Å². The highest BCUT2D eigenvalue weighted by Crippen LogP contribution is 2.22. The predicted molar refractivity (Wildman–Crippen MR) is 96.8 cm³/mol. The topological polar surface area (TPSA) is 49.4 Å². The Bertz CT molecular complexity index is 718. The van der Waals surface area contributed by atoms with Crippen LogP contribution in [0.1, 0.15) is 36.7 Å². The smallest absolute Gasteiger partial charge is 0.256 e. The SMILES string of the molecule is CN(Cc1ccccc1)C(=O)c1ccccc1NC(=O)C(C)(C)C. The number of benzene rings is 2. The maximum atomic E-state index is 12.8. The second-order valence-corrected chi connectivity index (χ2v) is 6.90. The van der Waals surface area contributed by atoms with E-state index in [9.17, 15) is 9.59 Å². The first-order chi connectivity index (χ1) is 11.3. The largest absolute Gasteiger partial charge is 0.337 e. The van der Waals surface area contributed by atoms with Crippen LogP contribution in [0.3, 0.4) is 0 Å². The fourth-order valence-electron chi connectivity index (χ4n) is 2.22. The maximum Gasteiger partial charge on any atom is 0.256 e. The highest BCUT2D eigenvalue weighted by molar-refractivity contribution is 6.04. The van der Waals surface area contributed by atoms with Crippen molar-refractivity contribution < 1.29 is 9.59 Å². The summed E-state index contributed by atoms with van der Waals surface area (Å²) in [6, 6.07) is 16.9. The van der Waals surface area contributed by atoms with Gasteiger partial charge in [0.25, 0.3) is 5.91 Å². The van der Waals surface area contributed by atoms with Crippen molar-refractivity contribution >= 4 is 17.5 Å². The molecule has 2 aromatic rings. The summed E-state index contributed by atoms with van der Waals surface area (Å²) in [5.74, 6) is -0.239. The molecule has 4 nitrogen and oxygen atoms in total. The number of rotatable bonds is 4. The molecule has 0 saturated heterocycles. The number of carbonyl (C=O) groups is 2. The second kappa shape index (κ2) is 7.30. The lowest BCUT2D eigenvalue weighted by Crippen LogP contribution is -2.30. The third-order valence-electron chi connectivity index (χ3n) is 3.70. The number of nitrogens with zero attached hydrogens (tertiary/aromatic N) is 1. The van der Waals surface area contributed by atoms with Crippen LogP contribution in [0.5, 0.6) is 0 Å². The molecule has 0 aliphatic rings. The quantitative estimate of drug-likeness (QED) is 0.926. The van der Waals surface area contributed by atoms with Crippen LogP contribution < -0.4 is 5.32 Å². The summed E-state index contributed by atoms with van der Waals surface area (Å²) < 4.78 is 0. The number of para-hydroxylation sites is 1. The Morgan fingerprint density at radius 2 is 1.54 bits per heavy atom. The molecule has 0 aliphatic carbocycles. The van der Waals surface area contributed by atoms with Crippen LogP contribution in [0.25, 0.3) is 0 Å². The van der Waals surface area contributed by atoms with Crippen LogP contribution in [-0.2, 0) is 11.3 Å². The van der Waals surface area contributed by atoms with Gasteiger partial charge in [0.1, 0.15) is 0 Å². The van der Waals surface area contributed by atoms with E-state index in [1.54, 1.807) is 30.1 Å².